The lowest BCUT2D eigenvalue weighted by atomic mass is 10.1. The third-order valence-electron chi connectivity index (χ3n) is 4.34. The lowest BCUT2D eigenvalue weighted by Crippen LogP contribution is -2.36. The number of ether oxygens (including phenoxy) is 1. The van der Waals surface area contributed by atoms with Crippen molar-refractivity contribution in [3.63, 3.8) is 0 Å². The predicted octanol–water partition coefficient (Wildman–Crippen LogP) is 2.75. The van der Waals surface area contributed by atoms with E-state index < -0.39 is 0 Å². The van der Waals surface area contributed by atoms with Crippen molar-refractivity contribution in [2.45, 2.75) is 70.0 Å². The van der Waals surface area contributed by atoms with Gasteiger partial charge in [0.25, 0.3) is 0 Å². The van der Waals surface area contributed by atoms with Gasteiger partial charge in [0.2, 0.25) is 0 Å². The van der Waals surface area contributed by atoms with Gasteiger partial charge in [-0.2, -0.15) is 11.8 Å². The Morgan fingerprint density at radius 1 is 1.25 bits per heavy atom. The summed E-state index contributed by atoms with van der Waals surface area (Å²) < 4.78 is 6.65. The van der Waals surface area contributed by atoms with E-state index in [1.807, 2.05) is 0 Å². The highest BCUT2D eigenvalue weighted by Gasteiger charge is 2.29. The van der Waals surface area contributed by atoms with Crippen LogP contribution >= 0.6 is 11.8 Å². The van der Waals surface area contributed by atoms with Crippen LogP contribution in [-0.2, 0) is 4.74 Å². The molecule has 3 nitrogen and oxygen atoms in total. The maximum atomic E-state index is 6.20. The number of thioether (sulfide) groups is 1. The fourth-order valence-corrected chi connectivity index (χ4v) is 4.10. The molecule has 0 aromatic heterocycles. The predicted molar refractivity (Wildman–Crippen MR) is 88.6 cm³/mol. The first-order valence-electron chi connectivity index (χ1n) is 8.20. The van der Waals surface area contributed by atoms with Gasteiger partial charge >= 0.3 is 0 Å². The summed E-state index contributed by atoms with van der Waals surface area (Å²) in [4.78, 5) is 2.62. The molecule has 0 aliphatic carbocycles. The van der Waals surface area contributed by atoms with E-state index in [0.717, 1.165) is 13.1 Å². The zero-order valence-electron chi connectivity index (χ0n) is 13.7. The van der Waals surface area contributed by atoms with E-state index in [-0.39, 0.29) is 0 Å². The summed E-state index contributed by atoms with van der Waals surface area (Å²) in [5, 5.41) is 3.49. The van der Waals surface area contributed by atoms with Gasteiger partial charge in [-0.05, 0) is 25.8 Å². The van der Waals surface area contributed by atoms with E-state index in [2.05, 4.69) is 49.7 Å². The van der Waals surface area contributed by atoms with Crippen LogP contribution in [0.1, 0.15) is 47.0 Å². The number of nitrogens with one attached hydrogen (secondary N) is 1. The Morgan fingerprint density at radius 2 is 2.00 bits per heavy atom. The summed E-state index contributed by atoms with van der Waals surface area (Å²) in [7, 11) is 0. The molecule has 2 heterocycles. The van der Waals surface area contributed by atoms with Crippen LogP contribution in [0.5, 0.6) is 0 Å². The average Bonchev–Trinajstić information content (AvgIpc) is 2.73. The maximum Gasteiger partial charge on any atom is 0.0707 e. The number of hydrogen-bond acceptors (Lipinski definition) is 4. The first kappa shape index (κ1) is 16.6. The van der Waals surface area contributed by atoms with Crippen LogP contribution in [0.2, 0.25) is 0 Å². The Kier molecular flexibility index (Phi) is 6.21. The van der Waals surface area contributed by atoms with Gasteiger partial charge in [0.1, 0.15) is 0 Å². The second-order valence-electron chi connectivity index (χ2n) is 7.18. The van der Waals surface area contributed by atoms with Crippen molar-refractivity contribution in [1.82, 2.24) is 10.2 Å². The van der Waals surface area contributed by atoms with Crippen molar-refractivity contribution < 1.29 is 4.74 Å². The smallest absolute Gasteiger partial charge is 0.0707 e. The molecule has 2 saturated heterocycles. The SMILES string of the molecule is CC(C)NCC1CCC(CN2CCSC(C)(C)CC2)O1. The minimum atomic E-state index is 0.431. The first-order valence-corrected chi connectivity index (χ1v) is 9.18. The van der Waals surface area contributed by atoms with Gasteiger partial charge in [-0.1, -0.05) is 27.7 Å². The van der Waals surface area contributed by atoms with Crippen molar-refractivity contribution in [2.75, 3.05) is 31.9 Å². The van der Waals surface area contributed by atoms with Gasteiger partial charge in [-0.25, -0.2) is 0 Å². The average molecular weight is 301 g/mol. The van der Waals surface area contributed by atoms with Gasteiger partial charge in [0.15, 0.2) is 0 Å². The zero-order valence-corrected chi connectivity index (χ0v) is 14.5. The molecule has 0 amide bonds. The number of rotatable bonds is 5. The monoisotopic (exact) mass is 300 g/mol. The van der Waals surface area contributed by atoms with Crippen molar-refractivity contribution in [3.05, 3.63) is 0 Å². The highest BCUT2D eigenvalue weighted by atomic mass is 32.2. The van der Waals surface area contributed by atoms with Crippen LogP contribution < -0.4 is 5.32 Å². The van der Waals surface area contributed by atoms with Gasteiger partial charge in [0, 0.05) is 36.2 Å². The molecule has 0 aromatic rings. The van der Waals surface area contributed by atoms with Crippen LogP contribution in [0.4, 0.5) is 0 Å². The van der Waals surface area contributed by atoms with E-state index in [4.69, 9.17) is 4.74 Å². The van der Waals surface area contributed by atoms with E-state index in [1.54, 1.807) is 0 Å². The Labute approximate surface area is 129 Å². The summed E-state index contributed by atoms with van der Waals surface area (Å²) in [6.45, 7) is 13.7. The molecule has 0 aromatic carbocycles. The van der Waals surface area contributed by atoms with E-state index in [9.17, 15) is 0 Å². The molecular formula is C16H32N2OS. The third kappa shape index (κ3) is 5.55. The van der Waals surface area contributed by atoms with E-state index >= 15 is 0 Å². The molecule has 20 heavy (non-hydrogen) atoms. The zero-order chi connectivity index (χ0) is 14.6. The lowest BCUT2D eigenvalue weighted by Gasteiger charge is -2.25. The van der Waals surface area contributed by atoms with Crippen molar-refractivity contribution in [3.8, 4) is 0 Å². The molecule has 2 atom stereocenters. The minimum Gasteiger partial charge on any atom is -0.372 e. The highest BCUT2D eigenvalue weighted by Crippen LogP contribution is 2.31. The Bertz CT molecular complexity index is 296. The molecule has 4 heteroatoms. The summed E-state index contributed by atoms with van der Waals surface area (Å²) in [5.41, 5.74) is 0. The maximum absolute atomic E-state index is 6.20. The molecule has 2 aliphatic rings. The van der Waals surface area contributed by atoms with Crippen LogP contribution in [0, 0.1) is 0 Å². The van der Waals surface area contributed by atoms with Gasteiger partial charge < -0.3 is 10.1 Å². The lowest BCUT2D eigenvalue weighted by molar-refractivity contribution is 0.0235. The van der Waals surface area contributed by atoms with Gasteiger partial charge in [0.05, 0.1) is 12.2 Å². The summed E-state index contributed by atoms with van der Waals surface area (Å²) in [6.07, 6.45) is 4.64. The molecule has 0 bridgehead atoms. The highest BCUT2D eigenvalue weighted by molar-refractivity contribution is 8.00. The molecule has 0 saturated carbocycles. The van der Waals surface area contributed by atoms with Crippen LogP contribution in [0.15, 0.2) is 0 Å². The Morgan fingerprint density at radius 3 is 2.75 bits per heavy atom. The molecule has 1 N–H and O–H groups in total. The number of hydrogen-bond donors (Lipinski definition) is 1. The van der Waals surface area contributed by atoms with Crippen molar-refractivity contribution in [1.29, 1.82) is 0 Å². The van der Waals surface area contributed by atoms with Crippen LogP contribution in [0.25, 0.3) is 0 Å². The van der Waals surface area contributed by atoms with Crippen LogP contribution in [-0.4, -0.2) is 59.8 Å². The van der Waals surface area contributed by atoms with E-state index in [1.165, 1.54) is 38.1 Å². The standard InChI is InChI=1S/C16H32N2OS/c1-13(2)17-11-14-5-6-15(19-14)12-18-8-7-16(3,4)20-10-9-18/h13-15,17H,5-12H2,1-4H3. The molecule has 118 valence electrons. The molecule has 2 unspecified atom stereocenters. The minimum absolute atomic E-state index is 0.431. The first-order chi connectivity index (χ1) is 9.44. The summed E-state index contributed by atoms with van der Waals surface area (Å²) in [5.74, 6) is 1.26. The normalized spacial score (nSPS) is 31.6. The topological polar surface area (TPSA) is 24.5 Å². The van der Waals surface area contributed by atoms with Crippen molar-refractivity contribution in [2.24, 2.45) is 0 Å². The Balaban J connectivity index is 1.69. The fourth-order valence-electron chi connectivity index (χ4n) is 2.96. The summed E-state index contributed by atoms with van der Waals surface area (Å²) in [6, 6.07) is 0.558. The molecule has 0 spiro atoms. The molecular weight excluding hydrogens is 268 g/mol. The molecule has 2 fully saturated rings. The largest absolute Gasteiger partial charge is 0.372 e. The molecule has 2 rings (SSSR count). The number of nitrogens with zero attached hydrogens (tertiary/aromatic N) is 1. The second kappa shape index (κ2) is 7.48. The van der Waals surface area contributed by atoms with Crippen LogP contribution in [0.3, 0.4) is 0 Å². The molecule has 2 aliphatic heterocycles. The van der Waals surface area contributed by atoms with Gasteiger partial charge in [-0.15, -0.1) is 0 Å². The Hall–Kier alpha value is 0.230. The van der Waals surface area contributed by atoms with E-state index in [0.29, 0.717) is 23.0 Å². The van der Waals surface area contributed by atoms with Crippen molar-refractivity contribution >= 4 is 11.8 Å². The molecule has 0 radical (unpaired) electrons. The second-order valence-corrected chi connectivity index (χ2v) is 8.98. The van der Waals surface area contributed by atoms with Gasteiger partial charge in [-0.3, -0.25) is 4.90 Å². The summed E-state index contributed by atoms with van der Waals surface area (Å²) >= 11 is 2.12. The third-order valence-corrected chi connectivity index (χ3v) is 5.71. The quantitative estimate of drug-likeness (QED) is 0.844. The fraction of sp³-hybridized carbons (Fsp3) is 1.00.